The molecule has 1 amide bonds. The van der Waals surface area contributed by atoms with Crippen LogP contribution < -0.4 is 0 Å². The largest absolute Gasteiger partial charge is 0.478 e. The van der Waals surface area contributed by atoms with Crippen molar-refractivity contribution in [3.05, 3.63) is 71.6 Å². The average molecular weight is 280 g/mol. The van der Waals surface area contributed by atoms with Gasteiger partial charge in [-0.1, -0.05) is 24.8 Å². The summed E-state index contributed by atoms with van der Waals surface area (Å²) >= 11 is 0. The van der Waals surface area contributed by atoms with E-state index in [1.807, 2.05) is 12.1 Å². The molecule has 0 radical (unpaired) electrons. The second-order valence-electron chi connectivity index (χ2n) is 4.72. The van der Waals surface area contributed by atoms with Crippen molar-refractivity contribution in [1.82, 2.24) is 9.88 Å². The molecule has 0 unspecified atom stereocenters. The summed E-state index contributed by atoms with van der Waals surface area (Å²) < 4.78 is 0. The normalized spacial score (nSPS) is 13.4. The fourth-order valence-electron chi connectivity index (χ4n) is 2.36. The van der Waals surface area contributed by atoms with Crippen molar-refractivity contribution in [2.24, 2.45) is 0 Å². The molecule has 0 bridgehead atoms. The number of carbonyl (C=O) groups excluding carboxylic acids is 1. The van der Waals surface area contributed by atoms with E-state index in [-0.39, 0.29) is 18.0 Å². The summed E-state index contributed by atoms with van der Waals surface area (Å²) in [6, 6.07) is 10.1. The van der Waals surface area contributed by atoms with E-state index in [1.54, 1.807) is 12.1 Å². The van der Waals surface area contributed by atoms with Gasteiger partial charge in [0.2, 0.25) is 0 Å². The first-order valence-corrected chi connectivity index (χ1v) is 6.36. The van der Waals surface area contributed by atoms with Gasteiger partial charge < -0.3 is 10.0 Å². The molecule has 0 aliphatic carbocycles. The minimum Gasteiger partial charge on any atom is -0.478 e. The number of amides is 1. The topological polar surface area (TPSA) is 70.5 Å². The number of benzene rings is 1. The second-order valence-corrected chi connectivity index (χ2v) is 4.72. The van der Waals surface area contributed by atoms with Crippen molar-refractivity contribution >= 4 is 17.6 Å². The van der Waals surface area contributed by atoms with Crippen LogP contribution in [0.4, 0.5) is 0 Å². The Bertz CT molecular complexity index is 733. The first kappa shape index (κ1) is 13.1. The number of carboxylic acids is 1. The number of nitrogens with zero attached hydrogens (tertiary/aromatic N) is 2. The van der Waals surface area contributed by atoms with Crippen LogP contribution in [0.3, 0.4) is 0 Å². The van der Waals surface area contributed by atoms with E-state index in [9.17, 15) is 9.59 Å². The van der Waals surface area contributed by atoms with Gasteiger partial charge in [-0.2, -0.15) is 0 Å². The maximum atomic E-state index is 12.4. The molecule has 0 saturated heterocycles. The van der Waals surface area contributed by atoms with Crippen molar-refractivity contribution in [1.29, 1.82) is 0 Å². The van der Waals surface area contributed by atoms with E-state index in [2.05, 4.69) is 11.6 Å². The summed E-state index contributed by atoms with van der Waals surface area (Å²) in [7, 11) is 0. The van der Waals surface area contributed by atoms with Gasteiger partial charge in [0.1, 0.15) is 0 Å². The summed E-state index contributed by atoms with van der Waals surface area (Å²) in [6.07, 6.45) is 1.43. The Balaban J connectivity index is 1.90. The monoisotopic (exact) mass is 280 g/mol. The number of rotatable bonds is 3. The smallest absolute Gasteiger partial charge is 0.335 e. The molecule has 1 aromatic heterocycles. The third-order valence-corrected chi connectivity index (χ3v) is 3.42. The van der Waals surface area contributed by atoms with Gasteiger partial charge in [-0.3, -0.25) is 9.78 Å². The average Bonchev–Trinajstić information content (AvgIpc) is 2.73. The van der Waals surface area contributed by atoms with Gasteiger partial charge in [0.15, 0.2) is 0 Å². The fraction of sp³-hybridized carbons (Fsp3) is 0.0625. The van der Waals surface area contributed by atoms with Gasteiger partial charge in [-0.25, -0.2) is 4.79 Å². The molecule has 2 aromatic rings. The Morgan fingerprint density at radius 1 is 1.24 bits per heavy atom. The number of hydrogen-bond donors (Lipinski definition) is 1. The molecule has 0 atom stereocenters. The number of aromatic nitrogens is 1. The molecule has 0 saturated carbocycles. The Labute approximate surface area is 121 Å². The molecule has 0 fully saturated rings. The molecule has 5 heteroatoms. The summed E-state index contributed by atoms with van der Waals surface area (Å²) in [6.45, 7) is 4.14. The van der Waals surface area contributed by atoms with Crippen LogP contribution in [0.2, 0.25) is 0 Å². The molecule has 21 heavy (non-hydrogen) atoms. The van der Waals surface area contributed by atoms with E-state index in [0.717, 1.165) is 5.56 Å². The number of carboxylic acid groups (broad SMARTS) is 1. The molecule has 1 N–H and O–H groups in total. The van der Waals surface area contributed by atoms with E-state index in [4.69, 9.17) is 5.11 Å². The molecule has 3 rings (SSSR count). The molecule has 5 nitrogen and oxygen atoms in total. The Morgan fingerprint density at radius 2 is 1.95 bits per heavy atom. The predicted octanol–water partition coefficient (Wildman–Crippen LogP) is 2.41. The quantitative estimate of drug-likeness (QED) is 0.937. The highest BCUT2D eigenvalue weighted by molar-refractivity contribution is 6.08. The number of aromatic carboxylic acids is 1. The van der Waals surface area contributed by atoms with Gasteiger partial charge in [0.05, 0.1) is 17.8 Å². The van der Waals surface area contributed by atoms with E-state index >= 15 is 0 Å². The molecule has 104 valence electrons. The zero-order chi connectivity index (χ0) is 15.0. The summed E-state index contributed by atoms with van der Waals surface area (Å²) in [4.78, 5) is 29.0. The Kier molecular flexibility index (Phi) is 3.02. The molecular formula is C16H12N2O3. The summed E-state index contributed by atoms with van der Waals surface area (Å²) in [5.41, 5.74) is 2.68. The zero-order valence-corrected chi connectivity index (χ0v) is 11.1. The molecule has 0 spiro atoms. The van der Waals surface area contributed by atoms with Crippen LogP contribution in [-0.4, -0.2) is 26.9 Å². The third-order valence-electron chi connectivity index (χ3n) is 3.42. The highest BCUT2D eigenvalue weighted by Crippen LogP contribution is 2.32. The van der Waals surface area contributed by atoms with Gasteiger partial charge in [0, 0.05) is 23.0 Å². The van der Waals surface area contributed by atoms with Crippen molar-refractivity contribution in [2.75, 3.05) is 0 Å². The van der Waals surface area contributed by atoms with Crippen LogP contribution in [0, 0.1) is 0 Å². The molecular weight excluding hydrogens is 268 g/mol. The van der Waals surface area contributed by atoms with Crippen LogP contribution in [0.25, 0.3) is 5.70 Å². The number of carbonyl (C=O) groups is 2. The van der Waals surface area contributed by atoms with Crippen LogP contribution >= 0.6 is 0 Å². The highest BCUT2D eigenvalue weighted by Gasteiger charge is 2.30. The van der Waals surface area contributed by atoms with Gasteiger partial charge in [-0.15, -0.1) is 0 Å². The van der Waals surface area contributed by atoms with Crippen molar-refractivity contribution < 1.29 is 14.7 Å². The van der Waals surface area contributed by atoms with Crippen LogP contribution in [-0.2, 0) is 6.54 Å². The fourth-order valence-corrected chi connectivity index (χ4v) is 2.36. The van der Waals surface area contributed by atoms with Crippen molar-refractivity contribution in [3.63, 3.8) is 0 Å². The van der Waals surface area contributed by atoms with Crippen molar-refractivity contribution in [2.45, 2.75) is 6.54 Å². The van der Waals surface area contributed by atoms with Crippen LogP contribution in [0.15, 0.2) is 49.2 Å². The second kappa shape index (κ2) is 4.86. The summed E-state index contributed by atoms with van der Waals surface area (Å²) in [5.74, 6) is -1.16. The van der Waals surface area contributed by atoms with Crippen molar-refractivity contribution in [3.8, 4) is 0 Å². The van der Waals surface area contributed by atoms with Gasteiger partial charge in [-0.05, 0) is 18.2 Å². The lowest BCUT2D eigenvalue weighted by Gasteiger charge is -2.17. The van der Waals surface area contributed by atoms with Gasteiger partial charge in [0.25, 0.3) is 5.91 Å². The molecule has 1 aliphatic rings. The lowest BCUT2D eigenvalue weighted by Crippen LogP contribution is -2.23. The Morgan fingerprint density at radius 3 is 2.62 bits per heavy atom. The first-order valence-electron chi connectivity index (χ1n) is 6.36. The number of pyridine rings is 1. The molecule has 2 heterocycles. The minimum absolute atomic E-state index is 0.141. The lowest BCUT2D eigenvalue weighted by atomic mass is 10.1. The lowest BCUT2D eigenvalue weighted by molar-refractivity contribution is 0.0696. The molecule has 1 aliphatic heterocycles. The van der Waals surface area contributed by atoms with Gasteiger partial charge >= 0.3 is 5.97 Å². The maximum Gasteiger partial charge on any atom is 0.335 e. The number of fused-ring (bicyclic) bond motifs is 1. The third kappa shape index (κ3) is 2.18. The first-order chi connectivity index (χ1) is 10.1. The maximum absolute atomic E-state index is 12.4. The van der Waals surface area contributed by atoms with Crippen LogP contribution in [0.5, 0.6) is 0 Å². The number of hydrogen-bond acceptors (Lipinski definition) is 3. The summed E-state index contributed by atoms with van der Waals surface area (Å²) in [5, 5.41) is 8.99. The zero-order valence-electron chi connectivity index (χ0n) is 11.1. The standard InChI is InChI=1S/C16H12N2O3/c1-10-13-4-2-3-5-14(13)15(19)18(10)9-12-8-11(16(20)21)6-7-17-12/h2-8H,1,9H2,(H,20,21). The van der Waals surface area contributed by atoms with E-state index < -0.39 is 5.97 Å². The minimum atomic E-state index is -1.02. The Hall–Kier alpha value is -2.95. The predicted molar refractivity (Wildman–Crippen MR) is 76.5 cm³/mol. The van der Waals surface area contributed by atoms with E-state index in [1.165, 1.54) is 23.2 Å². The molecule has 1 aromatic carbocycles. The van der Waals surface area contributed by atoms with Crippen LogP contribution in [0.1, 0.15) is 32.0 Å². The highest BCUT2D eigenvalue weighted by atomic mass is 16.4. The SMILES string of the molecule is C=C1c2ccccc2C(=O)N1Cc1cc(C(=O)O)ccn1. The van der Waals surface area contributed by atoms with E-state index in [0.29, 0.717) is 17.0 Å².